The third kappa shape index (κ3) is 1.80. The van der Waals surface area contributed by atoms with Gasteiger partial charge in [-0.3, -0.25) is 4.79 Å². The molecule has 2 N–H and O–H groups in total. The van der Waals surface area contributed by atoms with E-state index >= 15 is 0 Å². The van der Waals surface area contributed by atoms with E-state index in [1.54, 1.807) is 6.07 Å². The number of rotatable bonds is 1. The van der Waals surface area contributed by atoms with Crippen LogP contribution in [0.15, 0.2) is 22.9 Å². The Hall–Kier alpha value is -1.81. The molecule has 0 saturated heterocycles. The lowest BCUT2D eigenvalue weighted by Crippen LogP contribution is -2.08. The first-order valence-corrected chi connectivity index (χ1v) is 5.35. The van der Waals surface area contributed by atoms with Gasteiger partial charge in [-0.1, -0.05) is 11.6 Å². The average Bonchev–Trinajstić information content (AvgIpc) is 2.56. The number of aliphatic carboxylic acids is 1. The topological polar surface area (TPSA) is 66.4 Å². The minimum atomic E-state index is -1.32. The highest BCUT2D eigenvalue weighted by molar-refractivity contribution is 6.44. The first-order chi connectivity index (χ1) is 7.91. The molecule has 1 aromatic rings. The van der Waals surface area contributed by atoms with Gasteiger partial charge in [-0.25, -0.2) is 4.79 Å². The van der Waals surface area contributed by atoms with Crippen LogP contribution in [0.25, 0.3) is 0 Å². The van der Waals surface area contributed by atoms with Crippen molar-refractivity contribution >= 4 is 29.0 Å². The lowest BCUT2D eigenvalue weighted by molar-refractivity contribution is -0.131. The molecule has 0 unspecified atom stereocenters. The number of anilines is 1. The van der Waals surface area contributed by atoms with Crippen molar-refractivity contribution < 1.29 is 14.7 Å². The zero-order valence-corrected chi connectivity index (χ0v) is 10.1. The molecule has 0 bridgehead atoms. The van der Waals surface area contributed by atoms with Crippen LogP contribution in [0.4, 0.5) is 5.69 Å². The number of aryl methyl sites for hydroxylation is 2. The summed E-state index contributed by atoms with van der Waals surface area (Å²) in [6.07, 6.45) is 0. The Balaban J connectivity index is 2.57. The van der Waals surface area contributed by atoms with Crippen molar-refractivity contribution in [3.63, 3.8) is 0 Å². The Labute approximate surface area is 103 Å². The molecule has 2 rings (SSSR count). The van der Waals surface area contributed by atoms with E-state index < -0.39 is 11.0 Å². The normalized spacial score (nSPS) is 16.5. The third-order valence-electron chi connectivity index (χ3n) is 2.77. The van der Waals surface area contributed by atoms with Crippen LogP contribution >= 0.6 is 11.6 Å². The summed E-state index contributed by atoms with van der Waals surface area (Å²) in [6, 6.07) is 3.54. The fraction of sp³-hybridized carbons (Fsp3) is 0.167. The standard InChI is InChI=1S/C12H10ClNO3/c1-5-3-7-8(4-6(5)2)14-10(11(7)15)9(13)12(16)17/h3-4,14H,1-2H3,(H,16,17). The maximum absolute atomic E-state index is 11.9. The van der Waals surface area contributed by atoms with Gasteiger partial charge < -0.3 is 10.4 Å². The van der Waals surface area contributed by atoms with E-state index in [0.717, 1.165) is 11.1 Å². The minimum absolute atomic E-state index is 0.0702. The molecular formula is C12H10ClNO3. The molecule has 88 valence electrons. The highest BCUT2D eigenvalue weighted by Crippen LogP contribution is 2.32. The zero-order chi connectivity index (χ0) is 12.7. The van der Waals surface area contributed by atoms with Crippen LogP contribution in [0.5, 0.6) is 0 Å². The van der Waals surface area contributed by atoms with Gasteiger partial charge in [0.1, 0.15) is 5.70 Å². The molecule has 0 fully saturated rings. The molecule has 4 nitrogen and oxygen atoms in total. The largest absolute Gasteiger partial charge is 0.477 e. The molecule has 0 radical (unpaired) electrons. The second kappa shape index (κ2) is 3.89. The molecule has 0 amide bonds. The Morgan fingerprint density at radius 3 is 2.47 bits per heavy atom. The number of fused-ring (bicyclic) bond motifs is 1. The Morgan fingerprint density at radius 2 is 1.88 bits per heavy atom. The number of carboxylic acid groups (broad SMARTS) is 1. The molecule has 1 aliphatic rings. The number of allylic oxidation sites excluding steroid dienone is 1. The highest BCUT2D eigenvalue weighted by Gasteiger charge is 2.29. The van der Waals surface area contributed by atoms with Gasteiger partial charge in [0.05, 0.1) is 5.69 Å². The lowest BCUT2D eigenvalue weighted by atomic mass is 10.0. The van der Waals surface area contributed by atoms with Crippen LogP contribution in [0.1, 0.15) is 21.5 Å². The van der Waals surface area contributed by atoms with E-state index in [2.05, 4.69) is 5.32 Å². The maximum Gasteiger partial charge on any atom is 0.349 e. The summed E-state index contributed by atoms with van der Waals surface area (Å²) in [4.78, 5) is 22.7. The molecule has 5 heteroatoms. The first kappa shape index (κ1) is 11.7. The molecular weight excluding hydrogens is 242 g/mol. The minimum Gasteiger partial charge on any atom is -0.477 e. The molecule has 0 atom stereocenters. The van der Waals surface area contributed by atoms with Gasteiger partial charge in [0, 0.05) is 5.56 Å². The van der Waals surface area contributed by atoms with E-state index in [-0.39, 0.29) is 11.5 Å². The van der Waals surface area contributed by atoms with Crippen LogP contribution in [0.2, 0.25) is 0 Å². The third-order valence-corrected chi connectivity index (χ3v) is 3.12. The Morgan fingerprint density at radius 1 is 1.29 bits per heavy atom. The highest BCUT2D eigenvalue weighted by atomic mass is 35.5. The first-order valence-electron chi connectivity index (χ1n) is 4.98. The fourth-order valence-electron chi connectivity index (χ4n) is 1.70. The van der Waals surface area contributed by atoms with E-state index in [1.807, 2.05) is 19.9 Å². The molecule has 1 heterocycles. The summed E-state index contributed by atoms with van der Waals surface area (Å²) in [6.45, 7) is 3.81. The van der Waals surface area contributed by atoms with Crippen molar-refractivity contribution in [2.24, 2.45) is 0 Å². The Bertz CT molecular complexity index is 575. The summed E-state index contributed by atoms with van der Waals surface area (Å²) in [5.74, 6) is -1.70. The summed E-state index contributed by atoms with van der Waals surface area (Å²) in [5, 5.41) is 11.0. The number of hydrogen-bond donors (Lipinski definition) is 2. The summed E-state index contributed by atoms with van der Waals surface area (Å²) < 4.78 is 0. The van der Waals surface area contributed by atoms with E-state index in [0.29, 0.717) is 11.3 Å². The van der Waals surface area contributed by atoms with Gasteiger partial charge in [-0.15, -0.1) is 0 Å². The summed E-state index contributed by atoms with van der Waals surface area (Å²) in [5.41, 5.74) is 3.00. The number of benzene rings is 1. The van der Waals surface area contributed by atoms with Crippen LogP contribution < -0.4 is 5.32 Å². The number of Topliss-reactive ketones (excluding diaryl/α,β-unsaturated/α-hetero) is 1. The van der Waals surface area contributed by atoms with Crippen molar-refractivity contribution in [2.45, 2.75) is 13.8 Å². The molecule has 17 heavy (non-hydrogen) atoms. The van der Waals surface area contributed by atoms with Crippen LogP contribution in [-0.4, -0.2) is 16.9 Å². The van der Waals surface area contributed by atoms with Crippen LogP contribution in [0, 0.1) is 13.8 Å². The fourth-order valence-corrected chi connectivity index (χ4v) is 1.83. The predicted octanol–water partition coefficient (Wildman–Crippen LogP) is 2.45. The van der Waals surface area contributed by atoms with Crippen LogP contribution in [-0.2, 0) is 4.79 Å². The van der Waals surface area contributed by atoms with Crippen molar-refractivity contribution in [2.75, 3.05) is 5.32 Å². The average molecular weight is 252 g/mol. The van der Waals surface area contributed by atoms with Crippen molar-refractivity contribution in [3.05, 3.63) is 39.6 Å². The number of ketones is 1. The van der Waals surface area contributed by atoms with Crippen molar-refractivity contribution in [3.8, 4) is 0 Å². The quantitative estimate of drug-likeness (QED) is 0.753. The number of carbonyl (C=O) groups is 2. The maximum atomic E-state index is 11.9. The van der Waals surface area contributed by atoms with E-state index in [4.69, 9.17) is 16.7 Å². The zero-order valence-electron chi connectivity index (χ0n) is 9.30. The second-order valence-corrected chi connectivity index (χ2v) is 4.31. The molecule has 0 aliphatic carbocycles. The second-order valence-electron chi connectivity index (χ2n) is 3.93. The molecule has 0 aromatic heterocycles. The van der Waals surface area contributed by atoms with Gasteiger partial charge in [0.15, 0.2) is 5.03 Å². The van der Waals surface area contributed by atoms with Gasteiger partial charge in [0.2, 0.25) is 5.78 Å². The van der Waals surface area contributed by atoms with Crippen molar-refractivity contribution in [1.29, 1.82) is 0 Å². The summed E-state index contributed by atoms with van der Waals surface area (Å²) in [7, 11) is 0. The van der Waals surface area contributed by atoms with Crippen molar-refractivity contribution in [1.82, 2.24) is 0 Å². The molecule has 0 spiro atoms. The van der Waals surface area contributed by atoms with Gasteiger partial charge in [-0.2, -0.15) is 0 Å². The van der Waals surface area contributed by atoms with Gasteiger partial charge in [-0.05, 0) is 37.1 Å². The monoisotopic (exact) mass is 251 g/mol. The van der Waals surface area contributed by atoms with Gasteiger partial charge >= 0.3 is 5.97 Å². The molecule has 1 aromatic carbocycles. The number of nitrogens with one attached hydrogen (secondary N) is 1. The number of halogens is 1. The van der Waals surface area contributed by atoms with E-state index in [1.165, 1.54) is 0 Å². The van der Waals surface area contributed by atoms with Crippen LogP contribution in [0.3, 0.4) is 0 Å². The Kier molecular flexibility index (Phi) is 2.67. The smallest absolute Gasteiger partial charge is 0.349 e. The SMILES string of the molecule is Cc1cc2c(cc1C)C(=O)C(=C(Cl)C(=O)O)N2. The number of hydrogen-bond acceptors (Lipinski definition) is 3. The molecule has 0 saturated carbocycles. The van der Waals surface area contributed by atoms with Gasteiger partial charge in [0.25, 0.3) is 0 Å². The van der Waals surface area contributed by atoms with E-state index in [9.17, 15) is 9.59 Å². The predicted molar refractivity (Wildman–Crippen MR) is 64.4 cm³/mol. The molecule has 1 aliphatic heterocycles. The lowest BCUT2D eigenvalue weighted by Gasteiger charge is -2.03. The number of carboxylic acids is 1. The summed E-state index contributed by atoms with van der Waals surface area (Å²) >= 11 is 5.58. The number of carbonyl (C=O) groups excluding carboxylic acids is 1.